The van der Waals surface area contributed by atoms with Crippen LogP contribution in [0, 0.1) is 9.39 Å². The molecule has 2 heterocycles. The zero-order chi connectivity index (χ0) is 12.7. The van der Waals surface area contributed by atoms with Crippen LogP contribution in [0.25, 0.3) is 11.0 Å². The van der Waals surface area contributed by atoms with Crippen molar-refractivity contribution in [3.63, 3.8) is 0 Å². The topological polar surface area (TPSA) is 57.0 Å². The van der Waals surface area contributed by atoms with Gasteiger partial charge in [-0.1, -0.05) is 0 Å². The summed E-state index contributed by atoms with van der Waals surface area (Å²) in [6.07, 6.45) is 3.22. The average molecular weight is 357 g/mol. The van der Waals surface area contributed by atoms with Gasteiger partial charge in [0.25, 0.3) is 0 Å². The maximum absolute atomic E-state index is 13.6. The van der Waals surface area contributed by atoms with E-state index in [-0.39, 0.29) is 5.82 Å². The minimum atomic E-state index is -0.267. The highest BCUT2D eigenvalue weighted by Gasteiger charge is 2.12. The lowest BCUT2D eigenvalue weighted by Crippen LogP contribution is -2.03. The smallest absolute Gasteiger partial charge is 0.201 e. The summed E-state index contributed by atoms with van der Waals surface area (Å²) in [4.78, 5) is 4.23. The Morgan fingerprint density at radius 2 is 2.28 bits per heavy atom. The first-order chi connectivity index (χ1) is 8.65. The number of hydrogen-bond donors (Lipinski definition) is 1. The van der Waals surface area contributed by atoms with Crippen LogP contribution in [-0.4, -0.2) is 9.55 Å². The molecule has 0 amide bonds. The Kier molecular flexibility index (Phi) is 2.73. The van der Waals surface area contributed by atoms with Gasteiger partial charge < -0.3 is 14.7 Å². The van der Waals surface area contributed by atoms with Gasteiger partial charge >= 0.3 is 0 Å². The van der Waals surface area contributed by atoms with Gasteiger partial charge in [0.05, 0.1) is 33.7 Å². The number of hydrogen-bond acceptors (Lipinski definition) is 3. The largest absolute Gasteiger partial charge is 0.472 e. The van der Waals surface area contributed by atoms with Crippen LogP contribution in [0.2, 0.25) is 0 Å². The van der Waals surface area contributed by atoms with Gasteiger partial charge in [-0.25, -0.2) is 9.37 Å². The molecule has 0 unspecified atom stereocenters. The third-order valence-electron chi connectivity index (χ3n) is 2.74. The number of furan rings is 1. The Hall–Kier alpha value is -1.57. The number of fused-ring (bicyclic) bond motifs is 1. The highest BCUT2D eigenvalue weighted by Crippen LogP contribution is 2.23. The number of rotatable bonds is 2. The molecule has 0 fully saturated rings. The van der Waals surface area contributed by atoms with E-state index in [9.17, 15) is 4.39 Å². The highest BCUT2D eigenvalue weighted by molar-refractivity contribution is 14.1. The number of halogens is 2. The second-order valence-corrected chi connectivity index (χ2v) is 5.10. The molecule has 92 valence electrons. The number of benzene rings is 1. The van der Waals surface area contributed by atoms with Crippen LogP contribution in [0.15, 0.2) is 35.1 Å². The molecule has 0 atom stereocenters. The molecule has 3 aromatic rings. The van der Waals surface area contributed by atoms with E-state index in [2.05, 4.69) is 4.98 Å². The molecule has 3 rings (SSSR count). The SMILES string of the molecule is Nc1nc2cc(I)c(F)cc2n1Cc1ccoc1. The zero-order valence-electron chi connectivity index (χ0n) is 9.23. The Morgan fingerprint density at radius 3 is 3.00 bits per heavy atom. The van der Waals surface area contributed by atoms with Crippen LogP contribution in [0.3, 0.4) is 0 Å². The first kappa shape index (κ1) is 11.5. The second kappa shape index (κ2) is 4.27. The van der Waals surface area contributed by atoms with Crippen LogP contribution >= 0.6 is 22.6 Å². The predicted octanol–water partition coefficient (Wildman–Crippen LogP) is 3.00. The van der Waals surface area contributed by atoms with Gasteiger partial charge in [0, 0.05) is 11.6 Å². The summed E-state index contributed by atoms with van der Waals surface area (Å²) in [5.41, 5.74) is 8.21. The molecular weight excluding hydrogens is 348 g/mol. The number of nitrogens with two attached hydrogens (primary N) is 1. The lowest BCUT2D eigenvalue weighted by atomic mass is 10.3. The minimum absolute atomic E-state index is 0.267. The van der Waals surface area contributed by atoms with Crippen molar-refractivity contribution in [1.82, 2.24) is 9.55 Å². The van der Waals surface area contributed by atoms with E-state index in [1.165, 1.54) is 6.07 Å². The van der Waals surface area contributed by atoms with E-state index in [1.54, 1.807) is 23.2 Å². The summed E-state index contributed by atoms with van der Waals surface area (Å²) in [6, 6.07) is 4.99. The number of imidazole rings is 1. The lowest BCUT2D eigenvalue weighted by molar-refractivity contribution is 0.562. The van der Waals surface area contributed by atoms with Crippen molar-refractivity contribution < 1.29 is 8.81 Å². The maximum Gasteiger partial charge on any atom is 0.201 e. The fraction of sp³-hybridized carbons (Fsp3) is 0.0833. The average Bonchev–Trinajstić information content (AvgIpc) is 2.92. The second-order valence-electron chi connectivity index (χ2n) is 3.94. The van der Waals surface area contributed by atoms with Crippen LogP contribution in [0.5, 0.6) is 0 Å². The molecule has 0 saturated carbocycles. The molecule has 6 heteroatoms. The fourth-order valence-corrected chi connectivity index (χ4v) is 2.32. The van der Waals surface area contributed by atoms with E-state index >= 15 is 0 Å². The molecule has 0 radical (unpaired) electrons. The van der Waals surface area contributed by atoms with Crippen molar-refractivity contribution in [1.29, 1.82) is 0 Å². The molecule has 0 aliphatic carbocycles. The first-order valence-corrected chi connectivity index (χ1v) is 6.35. The van der Waals surface area contributed by atoms with Gasteiger partial charge in [-0.2, -0.15) is 0 Å². The van der Waals surface area contributed by atoms with Crippen LogP contribution in [0.4, 0.5) is 10.3 Å². The van der Waals surface area contributed by atoms with Crippen molar-refractivity contribution in [2.45, 2.75) is 6.54 Å². The summed E-state index contributed by atoms with van der Waals surface area (Å²) in [7, 11) is 0. The highest BCUT2D eigenvalue weighted by atomic mass is 127. The molecule has 18 heavy (non-hydrogen) atoms. The number of nitrogens with zero attached hydrogens (tertiary/aromatic N) is 2. The quantitative estimate of drug-likeness (QED) is 0.718. The van der Waals surface area contributed by atoms with Gasteiger partial charge in [-0.05, 0) is 34.7 Å². The van der Waals surface area contributed by atoms with E-state index in [4.69, 9.17) is 10.2 Å². The summed E-state index contributed by atoms with van der Waals surface area (Å²) in [5, 5.41) is 0. The van der Waals surface area contributed by atoms with Gasteiger partial charge in [0.2, 0.25) is 5.95 Å². The van der Waals surface area contributed by atoms with Crippen LogP contribution < -0.4 is 5.73 Å². The molecule has 2 N–H and O–H groups in total. The van der Waals surface area contributed by atoms with E-state index in [0.29, 0.717) is 27.1 Å². The number of aromatic nitrogens is 2. The standard InChI is InChI=1S/C12H9FIN3O/c13-8-3-11-10(4-9(8)14)16-12(15)17(11)5-7-1-2-18-6-7/h1-4,6H,5H2,(H2,15,16). The molecule has 4 nitrogen and oxygen atoms in total. The van der Waals surface area contributed by atoms with Crippen molar-refractivity contribution >= 4 is 39.6 Å². The first-order valence-electron chi connectivity index (χ1n) is 5.27. The molecule has 1 aromatic carbocycles. The van der Waals surface area contributed by atoms with Crippen LogP contribution in [-0.2, 0) is 6.54 Å². The monoisotopic (exact) mass is 357 g/mol. The normalized spacial score (nSPS) is 11.2. The number of nitrogen functional groups attached to an aromatic ring is 1. The Labute approximate surface area is 116 Å². The summed E-state index contributed by atoms with van der Waals surface area (Å²) in [6.45, 7) is 0.513. The molecule has 0 bridgehead atoms. The molecule has 0 saturated heterocycles. The van der Waals surface area contributed by atoms with Crippen molar-refractivity contribution in [2.24, 2.45) is 0 Å². The van der Waals surface area contributed by atoms with E-state index in [1.807, 2.05) is 28.7 Å². The zero-order valence-corrected chi connectivity index (χ0v) is 11.4. The maximum atomic E-state index is 13.6. The van der Waals surface area contributed by atoms with Gasteiger partial charge in [-0.3, -0.25) is 0 Å². The molecule has 0 spiro atoms. The van der Waals surface area contributed by atoms with Crippen LogP contribution in [0.1, 0.15) is 5.56 Å². The predicted molar refractivity (Wildman–Crippen MR) is 74.6 cm³/mol. The Bertz CT molecular complexity index is 706. The summed E-state index contributed by atoms with van der Waals surface area (Å²) in [5.74, 6) is 0.101. The Morgan fingerprint density at radius 1 is 1.44 bits per heavy atom. The molecule has 2 aromatic heterocycles. The van der Waals surface area contributed by atoms with Crippen molar-refractivity contribution in [2.75, 3.05) is 5.73 Å². The van der Waals surface area contributed by atoms with Gasteiger partial charge in [-0.15, -0.1) is 0 Å². The van der Waals surface area contributed by atoms with Crippen molar-refractivity contribution in [3.8, 4) is 0 Å². The number of anilines is 1. The Balaban J connectivity index is 2.16. The fourth-order valence-electron chi connectivity index (χ4n) is 1.87. The third kappa shape index (κ3) is 1.86. The molecule has 0 aliphatic heterocycles. The van der Waals surface area contributed by atoms with Gasteiger partial charge in [0.15, 0.2) is 0 Å². The van der Waals surface area contributed by atoms with E-state index < -0.39 is 0 Å². The molecular formula is C12H9FIN3O. The lowest BCUT2D eigenvalue weighted by Gasteiger charge is -2.04. The minimum Gasteiger partial charge on any atom is -0.472 e. The molecule has 0 aliphatic rings. The summed E-state index contributed by atoms with van der Waals surface area (Å²) < 4.78 is 20.9. The van der Waals surface area contributed by atoms with E-state index in [0.717, 1.165) is 5.56 Å². The van der Waals surface area contributed by atoms with Gasteiger partial charge in [0.1, 0.15) is 5.82 Å². The van der Waals surface area contributed by atoms with Crippen molar-refractivity contribution in [3.05, 3.63) is 45.7 Å². The third-order valence-corrected chi connectivity index (χ3v) is 3.57. The summed E-state index contributed by atoms with van der Waals surface area (Å²) >= 11 is 1.94.